The van der Waals surface area contributed by atoms with E-state index in [0.717, 1.165) is 0 Å². The Morgan fingerprint density at radius 1 is 1.88 bits per heavy atom. The molecule has 0 unspecified atom stereocenters. The summed E-state index contributed by atoms with van der Waals surface area (Å²) in [6.45, 7) is 0. The van der Waals surface area contributed by atoms with E-state index in [1.807, 2.05) is 5.92 Å². The third kappa shape index (κ3) is 3.47. The summed E-state index contributed by atoms with van der Waals surface area (Å²) < 4.78 is 0. The van der Waals surface area contributed by atoms with Crippen molar-refractivity contribution in [2.75, 3.05) is 5.88 Å². The van der Waals surface area contributed by atoms with Gasteiger partial charge in [0.25, 0.3) is 0 Å². The van der Waals surface area contributed by atoms with Crippen LogP contribution in [0.15, 0.2) is 0 Å². The van der Waals surface area contributed by atoms with Gasteiger partial charge in [-0.25, -0.2) is 5.48 Å². The number of alkyl halides is 1. The van der Waals surface area contributed by atoms with Crippen LogP contribution < -0.4 is 5.48 Å². The van der Waals surface area contributed by atoms with E-state index in [1.54, 1.807) is 0 Å². The molecule has 1 amide bonds. The second-order valence-corrected chi connectivity index (χ2v) is 1.14. The number of halogens is 1. The lowest BCUT2D eigenvalue weighted by atomic mass is 10.6. The summed E-state index contributed by atoms with van der Waals surface area (Å²) in [6, 6.07) is 0. The molecule has 0 bridgehead atoms. The molecule has 8 heavy (non-hydrogen) atoms. The number of nitrogens with one attached hydrogen (secondary N) is 1. The average Bonchev–Trinajstić information content (AvgIpc) is 1.83. The Hall–Kier alpha value is -0.720. The van der Waals surface area contributed by atoms with Gasteiger partial charge in [0.15, 0.2) is 0 Å². The number of carbonyl (C=O) groups is 1. The molecule has 4 heteroatoms. The van der Waals surface area contributed by atoms with Crippen LogP contribution >= 0.6 is 11.6 Å². The van der Waals surface area contributed by atoms with Gasteiger partial charge in [-0.1, -0.05) is 5.92 Å². The number of amides is 1. The quantitative estimate of drug-likeness (QED) is 0.207. The molecule has 0 atom stereocenters. The molecular formula is C4H4ClNO2. The molecule has 0 aliphatic rings. The topological polar surface area (TPSA) is 49.3 Å². The van der Waals surface area contributed by atoms with Crippen LogP contribution in [-0.4, -0.2) is 17.0 Å². The number of hydrogen-bond donors (Lipinski definition) is 2. The Morgan fingerprint density at radius 3 is 2.88 bits per heavy atom. The van der Waals surface area contributed by atoms with Crippen LogP contribution in [0, 0.1) is 11.8 Å². The van der Waals surface area contributed by atoms with E-state index in [1.165, 1.54) is 5.48 Å². The van der Waals surface area contributed by atoms with E-state index in [4.69, 9.17) is 16.8 Å². The van der Waals surface area contributed by atoms with Crippen molar-refractivity contribution in [3.8, 4) is 11.8 Å². The minimum atomic E-state index is -0.745. The second kappa shape index (κ2) is 4.44. The average molecular weight is 134 g/mol. The van der Waals surface area contributed by atoms with Crippen molar-refractivity contribution in [2.24, 2.45) is 0 Å². The summed E-state index contributed by atoms with van der Waals surface area (Å²) in [5.74, 6) is 3.59. The van der Waals surface area contributed by atoms with Crippen LogP contribution in [0.4, 0.5) is 0 Å². The molecule has 0 aromatic carbocycles. The molecule has 2 N–H and O–H groups in total. The van der Waals surface area contributed by atoms with Crippen LogP contribution in [-0.2, 0) is 4.79 Å². The highest BCUT2D eigenvalue weighted by molar-refractivity contribution is 6.19. The van der Waals surface area contributed by atoms with Crippen LogP contribution in [0.3, 0.4) is 0 Å². The van der Waals surface area contributed by atoms with Crippen molar-refractivity contribution in [1.29, 1.82) is 0 Å². The third-order valence-corrected chi connectivity index (χ3v) is 0.504. The van der Waals surface area contributed by atoms with Crippen LogP contribution in [0.5, 0.6) is 0 Å². The van der Waals surface area contributed by atoms with Crippen molar-refractivity contribution in [3.63, 3.8) is 0 Å². The van der Waals surface area contributed by atoms with Crippen molar-refractivity contribution in [1.82, 2.24) is 5.48 Å². The highest BCUT2D eigenvalue weighted by Crippen LogP contribution is 1.66. The van der Waals surface area contributed by atoms with Gasteiger partial charge in [-0.05, 0) is 5.92 Å². The lowest BCUT2D eigenvalue weighted by molar-refractivity contribution is -0.123. The fourth-order valence-corrected chi connectivity index (χ4v) is 0.208. The maximum absolute atomic E-state index is 9.98. The Bertz CT molecular complexity index is 135. The molecule has 0 saturated heterocycles. The Morgan fingerprint density at radius 2 is 2.50 bits per heavy atom. The molecular weight excluding hydrogens is 130 g/mol. The minimum Gasteiger partial charge on any atom is -0.288 e. The summed E-state index contributed by atoms with van der Waals surface area (Å²) in [4.78, 5) is 9.98. The van der Waals surface area contributed by atoms with Crippen LogP contribution in [0.1, 0.15) is 0 Å². The molecule has 0 rings (SSSR count). The Kier molecular flexibility index (Phi) is 4.04. The first-order valence-corrected chi connectivity index (χ1v) is 2.33. The second-order valence-electron chi connectivity index (χ2n) is 0.876. The predicted octanol–water partition coefficient (Wildman–Crippen LogP) is -0.266. The zero-order valence-electron chi connectivity index (χ0n) is 3.94. The van der Waals surface area contributed by atoms with E-state index >= 15 is 0 Å². The first kappa shape index (κ1) is 7.28. The van der Waals surface area contributed by atoms with Gasteiger partial charge in [0.1, 0.15) is 0 Å². The molecule has 0 spiro atoms. The lowest BCUT2D eigenvalue weighted by Crippen LogP contribution is -2.15. The van der Waals surface area contributed by atoms with Crippen LogP contribution in [0.25, 0.3) is 0 Å². The first-order valence-electron chi connectivity index (χ1n) is 1.80. The largest absolute Gasteiger partial charge is 0.319 e. The number of hydrogen-bond acceptors (Lipinski definition) is 2. The fraction of sp³-hybridized carbons (Fsp3) is 0.250. The van der Waals surface area contributed by atoms with Crippen LogP contribution in [0.2, 0.25) is 0 Å². The summed E-state index contributed by atoms with van der Waals surface area (Å²) >= 11 is 5.07. The third-order valence-electron chi connectivity index (χ3n) is 0.370. The van der Waals surface area contributed by atoms with E-state index in [-0.39, 0.29) is 5.88 Å². The van der Waals surface area contributed by atoms with E-state index in [2.05, 4.69) is 5.92 Å². The normalized spacial score (nSPS) is 6.75. The van der Waals surface area contributed by atoms with E-state index < -0.39 is 5.91 Å². The fourth-order valence-electron chi connectivity index (χ4n) is 0.142. The monoisotopic (exact) mass is 133 g/mol. The van der Waals surface area contributed by atoms with Gasteiger partial charge < -0.3 is 0 Å². The maximum Gasteiger partial charge on any atom is 0.319 e. The van der Waals surface area contributed by atoms with Gasteiger partial charge in [0.2, 0.25) is 0 Å². The zero-order chi connectivity index (χ0) is 6.41. The molecule has 0 radical (unpaired) electrons. The maximum atomic E-state index is 9.98. The summed E-state index contributed by atoms with van der Waals surface area (Å²) in [5.41, 5.74) is 1.33. The zero-order valence-corrected chi connectivity index (χ0v) is 4.70. The highest BCUT2D eigenvalue weighted by atomic mass is 35.5. The summed E-state index contributed by atoms with van der Waals surface area (Å²) in [5, 5.41) is 7.82. The summed E-state index contributed by atoms with van der Waals surface area (Å²) in [6.07, 6.45) is 0. The summed E-state index contributed by atoms with van der Waals surface area (Å²) in [7, 11) is 0. The van der Waals surface area contributed by atoms with Gasteiger partial charge in [-0.3, -0.25) is 10.0 Å². The molecule has 0 aromatic rings. The molecule has 44 valence electrons. The molecule has 3 nitrogen and oxygen atoms in total. The van der Waals surface area contributed by atoms with E-state index in [9.17, 15) is 4.79 Å². The smallest absolute Gasteiger partial charge is 0.288 e. The lowest BCUT2D eigenvalue weighted by Gasteiger charge is -1.80. The van der Waals surface area contributed by atoms with Gasteiger partial charge >= 0.3 is 5.91 Å². The first-order chi connectivity index (χ1) is 3.81. The Labute approximate surface area is 51.6 Å². The molecule has 0 fully saturated rings. The molecule has 0 aromatic heterocycles. The van der Waals surface area contributed by atoms with Crippen molar-refractivity contribution < 1.29 is 10.0 Å². The molecule has 0 heterocycles. The molecule has 0 aliphatic heterocycles. The molecule has 0 aliphatic carbocycles. The molecule has 0 saturated carbocycles. The minimum absolute atomic E-state index is 0.0907. The number of carbonyl (C=O) groups excluding carboxylic acids is 1. The van der Waals surface area contributed by atoms with Gasteiger partial charge in [-0.15, -0.1) is 11.6 Å². The van der Waals surface area contributed by atoms with Crippen molar-refractivity contribution in [2.45, 2.75) is 0 Å². The van der Waals surface area contributed by atoms with Crippen molar-refractivity contribution >= 4 is 17.5 Å². The Balaban J connectivity index is 3.52. The number of rotatable bonds is 0. The number of hydroxylamine groups is 1. The highest BCUT2D eigenvalue weighted by Gasteiger charge is 1.84. The van der Waals surface area contributed by atoms with Gasteiger partial charge in [-0.2, -0.15) is 0 Å². The van der Waals surface area contributed by atoms with Crippen molar-refractivity contribution in [3.05, 3.63) is 0 Å². The van der Waals surface area contributed by atoms with Gasteiger partial charge in [0.05, 0.1) is 5.88 Å². The SMILES string of the molecule is O=C(C#CCCl)NO. The van der Waals surface area contributed by atoms with E-state index in [0.29, 0.717) is 0 Å². The predicted molar refractivity (Wildman–Crippen MR) is 28.4 cm³/mol. The van der Waals surface area contributed by atoms with Gasteiger partial charge in [0, 0.05) is 0 Å². The standard InChI is InChI=1S/C4H4ClNO2/c5-3-1-2-4(7)6-8/h8H,3H2,(H,6,7).